The minimum absolute atomic E-state index is 0.0139. The third-order valence-corrected chi connectivity index (χ3v) is 6.45. The number of carbonyl (C=O) groups is 4. The lowest BCUT2D eigenvalue weighted by Crippen LogP contribution is -2.56. The molecule has 0 bridgehead atoms. The zero-order valence-electron chi connectivity index (χ0n) is 26.8. The Morgan fingerprint density at radius 1 is 0.837 bits per heavy atom. The van der Waals surface area contributed by atoms with E-state index in [1.54, 1.807) is 60.6 Å². The van der Waals surface area contributed by atoms with Gasteiger partial charge in [0.25, 0.3) is 0 Å². The second-order valence-corrected chi connectivity index (χ2v) is 12.6. The van der Waals surface area contributed by atoms with E-state index in [0.29, 0.717) is 12.0 Å². The molecule has 3 N–H and O–H groups in total. The van der Waals surface area contributed by atoms with Crippen LogP contribution in [0.15, 0.2) is 54.6 Å². The topological polar surface area (TPSA) is 134 Å². The highest BCUT2D eigenvalue weighted by Crippen LogP contribution is 2.28. The molecule has 0 saturated carbocycles. The highest BCUT2D eigenvalue weighted by molar-refractivity contribution is 5.94. The van der Waals surface area contributed by atoms with E-state index >= 15 is 0 Å². The van der Waals surface area contributed by atoms with Gasteiger partial charge in [-0.05, 0) is 85.1 Å². The van der Waals surface area contributed by atoms with Crippen LogP contribution in [-0.2, 0) is 30.3 Å². The predicted octanol–water partition coefficient (Wildman–Crippen LogP) is 5.04. The molecule has 2 aromatic carbocycles. The summed E-state index contributed by atoms with van der Waals surface area (Å²) in [6, 6.07) is 11.4. The van der Waals surface area contributed by atoms with Crippen molar-refractivity contribution in [3.05, 3.63) is 65.7 Å². The Morgan fingerprint density at radius 3 is 1.91 bits per heavy atom. The summed E-state index contributed by atoms with van der Waals surface area (Å²) in [5.74, 6) is -1.77. The molecule has 0 aliphatic heterocycles. The van der Waals surface area contributed by atoms with Crippen molar-refractivity contribution in [3.63, 3.8) is 0 Å². The molecule has 2 aromatic rings. The highest BCUT2D eigenvalue weighted by atomic mass is 16.6. The Kier molecular flexibility index (Phi) is 12.2. The molecule has 0 aliphatic carbocycles. The number of amides is 3. The molecule has 0 radical (unpaired) electrons. The van der Waals surface area contributed by atoms with Gasteiger partial charge in [0.15, 0.2) is 0 Å². The van der Waals surface area contributed by atoms with E-state index in [9.17, 15) is 24.3 Å². The van der Waals surface area contributed by atoms with E-state index in [2.05, 4.69) is 10.6 Å². The number of aromatic hydroxyl groups is 1. The van der Waals surface area contributed by atoms with Crippen LogP contribution >= 0.6 is 0 Å². The maximum Gasteiger partial charge on any atom is 0.408 e. The van der Waals surface area contributed by atoms with E-state index in [-0.39, 0.29) is 12.2 Å². The van der Waals surface area contributed by atoms with Gasteiger partial charge in [-0.2, -0.15) is 0 Å². The van der Waals surface area contributed by atoms with Gasteiger partial charge in [0.2, 0.25) is 11.8 Å². The second kappa shape index (κ2) is 14.9. The maximum absolute atomic E-state index is 14.2. The summed E-state index contributed by atoms with van der Waals surface area (Å²) in [5, 5.41) is 15.4. The molecule has 0 saturated heterocycles. The first-order chi connectivity index (χ1) is 19.9. The minimum Gasteiger partial charge on any atom is -0.508 e. The molecule has 10 heteroatoms. The molecule has 0 spiro atoms. The Bertz CT molecular complexity index is 1230. The van der Waals surface area contributed by atoms with Gasteiger partial charge < -0.3 is 30.1 Å². The lowest BCUT2D eigenvalue weighted by atomic mass is 9.98. The smallest absolute Gasteiger partial charge is 0.408 e. The number of esters is 1. The molecule has 4 atom stereocenters. The normalized spacial score (nSPS) is 14.4. The summed E-state index contributed by atoms with van der Waals surface area (Å²) < 4.78 is 11.0. The quantitative estimate of drug-likeness (QED) is 0.309. The number of nitrogens with zero attached hydrogens (tertiary/aromatic N) is 1. The fraction of sp³-hybridized carbons (Fsp3) is 0.515. The average molecular weight is 598 g/mol. The van der Waals surface area contributed by atoms with E-state index in [0.717, 1.165) is 5.56 Å². The van der Waals surface area contributed by atoms with Crippen LogP contribution in [0.5, 0.6) is 5.75 Å². The molecular formula is C33H47N3O7. The van der Waals surface area contributed by atoms with E-state index in [4.69, 9.17) is 9.47 Å². The second-order valence-electron chi connectivity index (χ2n) is 12.6. The van der Waals surface area contributed by atoms with Crippen LogP contribution in [0.4, 0.5) is 4.79 Å². The first-order valence-corrected chi connectivity index (χ1v) is 14.6. The fourth-order valence-electron chi connectivity index (χ4n) is 4.33. The molecule has 10 nitrogen and oxygen atoms in total. The van der Waals surface area contributed by atoms with E-state index in [1.807, 2.05) is 37.3 Å². The largest absolute Gasteiger partial charge is 0.508 e. The average Bonchev–Trinajstić information content (AvgIpc) is 2.89. The summed E-state index contributed by atoms with van der Waals surface area (Å²) >= 11 is 0. The first-order valence-electron chi connectivity index (χ1n) is 14.6. The number of hydrogen-bond acceptors (Lipinski definition) is 7. The molecule has 0 fully saturated rings. The monoisotopic (exact) mass is 597 g/mol. The highest BCUT2D eigenvalue weighted by Gasteiger charge is 2.39. The standard InChI is InChI=1S/C33H47N3O7/c1-10-21(2)36(29(39)22(3)34-31(41)43-33(7,8)9)27(24-16-18-25(37)19-17-24)28(38)35-26(30(40)42-32(4,5)6)20-23-14-12-11-13-15-23/h11-19,21-22,26-27,37H,10,20H2,1-9H3,(H,34,41)(H,35,38). The van der Waals surface area contributed by atoms with Crippen LogP contribution < -0.4 is 10.6 Å². The van der Waals surface area contributed by atoms with Crippen molar-refractivity contribution in [1.82, 2.24) is 15.5 Å². The van der Waals surface area contributed by atoms with Crippen molar-refractivity contribution in [1.29, 1.82) is 0 Å². The van der Waals surface area contributed by atoms with Crippen LogP contribution in [0.25, 0.3) is 0 Å². The summed E-state index contributed by atoms with van der Waals surface area (Å²) in [6.07, 6.45) is -0.111. The van der Waals surface area contributed by atoms with Crippen LogP contribution in [0, 0.1) is 0 Å². The Labute approximate surface area is 255 Å². The van der Waals surface area contributed by atoms with Gasteiger partial charge in [-0.25, -0.2) is 9.59 Å². The van der Waals surface area contributed by atoms with Gasteiger partial charge in [-0.3, -0.25) is 9.59 Å². The van der Waals surface area contributed by atoms with Gasteiger partial charge >= 0.3 is 12.1 Å². The van der Waals surface area contributed by atoms with Crippen molar-refractivity contribution in [2.45, 2.75) is 111 Å². The Hall–Kier alpha value is -4.08. The number of hydrogen-bond donors (Lipinski definition) is 3. The Morgan fingerprint density at radius 2 is 1.40 bits per heavy atom. The number of phenolic OH excluding ortho intramolecular Hbond substituents is 1. The van der Waals surface area contributed by atoms with Crippen LogP contribution in [0.2, 0.25) is 0 Å². The van der Waals surface area contributed by atoms with Crippen LogP contribution in [0.1, 0.15) is 85.9 Å². The zero-order chi connectivity index (χ0) is 32.5. The van der Waals surface area contributed by atoms with Gasteiger partial charge in [-0.1, -0.05) is 49.4 Å². The number of ether oxygens (including phenoxy) is 2. The first kappa shape index (κ1) is 35.1. The number of nitrogens with one attached hydrogen (secondary N) is 2. The van der Waals surface area contributed by atoms with Crippen molar-refractivity contribution < 1.29 is 33.8 Å². The Balaban J connectivity index is 2.53. The molecule has 0 heterocycles. The van der Waals surface area contributed by atoms with Crippen LogP contribution in [0.3, 0.4) is 0 Å². The summed E-state index contributed by atoms with van der Waals surface area (Å²) in [7, 11) is 0. The predicted molar refractivity (Wildman–Crippen MR) is 164 cm³/mol. The lowest BCUT2D eigenvalue weighted by Gasteiger charge is -2.38. The molecule has 0 aliphatic rings. The maximum atomic E-state index is 14.2. The molecule has 236 valence electrons. The van der Waals surface area contributed by atoms with Gasteiger partial charge in [-0.15, -0.1) is 0 Å². The summed E-state index contributed by atoms with van der Waals surface area (Å²) in [5.41, 5.74) is -0.345. The molecule has 3 amide bonds. The molecule has 43 heavy (non-hydrogen) atoms. The summed E-state index contributed by atoms with van der Waals surface area (Å²) in [6.45, 7) is 15.6. The van der Waals surface area contributed by atoms with Crippen molar-refractivity contribution in [2.75, 3.05) is 0 Å². The van der Waals surface area contributed by atoms with E-state index in [1.165, 1.54) is 24.0 Å². The van der Waals surface area contributed by atoms with Gasteiger partial charge in [0.1, 0.15) is 35.1 Å². The molecule has 2 rings (SSSR count). The number of phenols is 1. The summed E-state index contributed by atoms with van der Waals surface area (Å²) in [4.78, 5) is 55.4. The third-order valence-electron chi connectivity index (χ3n) is 6.45. The zero-order valence-corrected chi connectivity index (χ0v) is 26.8. The fourth-order valence-corrected chi connectivity index (χ4v) is 4.33. The van der Waals surface area contributed by atoms with E-state index < -0.39 is 59.2 Å². The SMILES string of the molecule is CCC(C)N(C(=O)C(C)NC(=O)OC(C)(C)C)C(C(=O)NC(Cc1ccccc1)C(=O)OC(C)(C)C)c1ccc(O)cc1. The van der Waals surface area contributed by atoms with Gasteiger partial charge in [0, 0.05) is 12.5 Å². The number of carbonyl (C=O) groups excluding carboxylic acids is 4. The van der Waals surface area contributed by atoms with Gasteiger partial charge in [0.05, 0.1) is 0 Å². The molecular weight excluding hydrogens is 550 g/mol. The third kappa shape index (κ3) is 11.3. The van der Waals surface area contributed by atoms with Crippen molar-refractivity contribution >= 4 is 23.9 Å². The van der Waals surface area contributed by atoms with Crippen molar-refractivity contribution in [2.24, 2.45) is 0 Å². The van der Waals surface area contributed by atoms with Crippen molar-refractivity contribution in [3.8, 4) is 5.75 Å². The minimum atomic E-state index is -1.20. The number of benzene rings is 2. The molecule has 4 unspecified atom stereocenters. The molecule has 0 aromatic heterocycles. The number of rotatable bonds is 11. The van der Waals surface area contributed by atoms with Crippen LogP contribution in [-0.4, -0.2) is 63.2 Å². The lowest BCUT2D eigenvalue weighted by molar-refractivity contribution is -0.159. The number of alkyl carbamates (subject to hydrolysis) is 1.